The molecule has 0 spiro atoms. The van der Waals surface area contributed by atoms with Crippen molar-refractivity contribution in [3.8, 4) is 5.75 Å². The number of esters is 1. The number of aromatic nitrogens is 1. The summed E-state index contributed by atoms with van der Waals surface area (Å²) in [5, 5.41) is 0.811. The first-order valence-corrected chi connectivity index (χ1v) is 7.45. The second-order valence-electron chi connectivity index (χ2n) is 5.40. The van der Waals surface area contributed by atoms with Crippen molar-refractivity contribution in [2.75, 3.05) is 14.2 Å². The van der Waals surface area contributed by atoms with Crippen molar-refractivity contribution in [3.63, 3.8) is 0 Å². The molecule has 0 aliphatic carbocycles. The average molecular weight is 323 g/mol. The molecule has 1 aromatic heterocycles. The molecular weight excluding hydrogens is 306 g/mol. The first kappa shape index (κ1) is 15.8. The van der Waals surface area contributed by atoms with Crippen LogP contribution in [0.3, 0.4) is 0 Å². The molecule has 0 aliphatic heterocycles. The van der Waals surface area contributed by atoms with Crippen molar-refractivity contribution in [2.45, 2.75) is 6.54 Å². The molecule has 24 heavy (non-hydrogen) atoms. The quantitative estimate of drug-likeness (QED) is 0.534. The number of aldehydes is 1. The summed E-state index contributed by atoms with van der Waals surface area (Å²) in [6.45, 7) is 0.582. The summed E-state index contributed by atoms with van der Waals surface area (Å²) >= 11 is 0. The fourth-order valence-corrected chi connectivity index (χ4v) is 2.72. The molecular formula is C19H17NO4. The van der Waals surface area contributed by atoms with Crippen molar-refractivity contribution >= 4 is 23.2 Å². The molecule has 0 atom stereocenters. The number of fused-ring (bicyclic) bond motifs is 1. The Morgan fingerprint density at radius 1 is 1.12 bits per heavy atom. The number of hydrogen-bond acceptors (Lipinski definition) is 4. The number of carbonyl (C=O) groups excluding carboxylic acids is 2. The first-order chi connectivity index (χ1) is 11.7. The van der Waals surface area contributed by atoms with E-state index in [-0.39, 0.29) is 0 Å². The largest absolute Gasteiger partial charge is 0.497 e. The normalized spacial score (nSPS) is 10.6. The van der Waals surface area contributed by atoms with E-state index in [0.717, 1.165) is 28.5 Å². The Bertz CT molecular complexity index is 894. The van der Waals surface area contributed by atoms with Crippen molar-refractivity contribution in [3.05, 3.63) is 65.4 Å². The fourth-order valence-electron chi connectivity index (χ4n) is 2.72. The van der Waals surface area contributed by atoms with Crippen molar-refractivity contribution < 1.29 is 19.1 Å². The monoisotopic (exact) mass is 323 g/mol. The van der Waals surface area contributed by atoms with Gasteiger partial charge in [0.1, 0.15) is 5.75 Å². The number of methoxy groups -OCH3 is 2. The maximum atomic E-state index is 11.8. The Kier molecular flexibility index (Phi) is 4.33. The predicted molar refractivity (Wildman–Crippen MR) is 90.8 cm³/mol. The predicted octanol–water partition coefficient (Wildman–Crippen LogP) is 3.30. The van der Waals surface area contributed by atoms with Gasteiger partial charge in [-0.15, -0.1) is 0 Å². The summed E-state index contributed by atoms with van der Waals surface area (Å²) in [5.74, 6) is 0.388. The van der Waals surface area contributed by atoms with E-state index in [9.17, 15) is 9.59 Å². The number of rotatable bonds is 5. The SMILES string of the molecule is COC(=O)c1ccc2c(C=O)cn(Cc3ccc(OC)cc3)c2c1. The summed E-state index contributed by atoms with van der Waals surface area (Å²) in [7, 11) is 2.97. The first-order valence-electron chi connectivity index (χ1n) is 7.45. The minimum absolute atomic E-state index is 0.401. The van der Waals surface area contributed by atoms with Crippen LogP contribution in [0.4, 0.5) is 0 Å². The van der Waals surface area contributed by atoms with E-state index in [1.807, 2.05) is 28.8 Å². The van der Waals surface area contributed by atoms with Gasteiger partial charge in [0.25, 0.3) is 0 Å². The third-order valence-corrected chi connectivity index (χ3v) is 3.97. The Balaban J connectivity index is 2.04. The van der Waals surface area contributed by atoms with Crippen LogP contribution in [0.25, 0.3) is 10.9 Å². The number of benzene rings is 2. The molecule has 5 heteroatoms. The van der Waals surface area contributed by atoms with Gasteiger partial charge in [0.2, 0.25) is 0 Å². The molecule has 3 rings (SSSR count). The minimum Gasteiger partial charge on any atom is -0.497 e. The lowest BCUT2D eigenvalue weighted by Crippen LogP contribution is -2.02. The van der Waals surface area contributed by atoms with Crippen LogP contribution in [-0.2, 0) is 11.3 Å². The summed E-state index contributed by atoms with van der Waals surface area (Å²) in [4.78, 5) is 23.1. The minimum atomic E-state index is -0.401. The molecule has 0 aliphatic rings. The highest BCUT2D eigenvalue weighted by Gasteiger charge is 2.12. The lowest BCUT2D eigenvalue weighted by molar-refractivity contribution is 0.0601. The smallest absolute Gasteiger partial charge is 0.337 e. The molecule has 0 bridgehead atoms. The topological polar surface area (TPSA) is 57.5 Å². The molecule has 0 N–H and O–H groups in total. The molecule has 0 radical (unpaired) electrons. The van der Waals surface area contributed by atoms with Crippen LogP contribution in [0.15, 0.2) is 48.7 Å². The van der Waals surface area contributed by atoms with Crippen LogP contribution in [-0.4, -0.2) is 31.0 Å². The molecule has 0 saturated heterocycles. The molecule has 0 amide bonds. The van der Waals surface area contributed by atoms with Gasteiger partial charge in [0.05, 0.1) is 19.8 Å². The average Bonchev–Trinajstić information content (AvgIpc) is 2.98. The number of carbonyl (C=O) groups is 2. The highest BCUT2D eigenvalue weighted by atomic mass is 16.5. The van der Waals surface area contributed by atoms with Gasteiger partial charge >= 0.3 is 5.97 Å². The van der Waals surface area contributed by atoms with E-state index in [1.54, 1.807) is 31.5 Å². The lowest BCUT2D eigenvalue weighted by Gasteiger charge is -2.08. The van der Waals surface area contributed by atoms with Crippen LogP contribution in [0.2, 0.25) is 0 Å². The Morgan fingerprint density at radius 2 is 1.88 bits per heavy atom. The van der Waals surface area contributed by atoms with E-state index in [0.29, 0.717) is 17.7 Å². The second-order valence-corrected chi connectivity index (χ2v) is 5.40. The highest BCUT2D eigenvalue weighted by molar-refractivity contribution is 6.01. The van der Waals surface area contributed by atoms with Crippen molar-refractivity contribution in [1.82, 2.24) is 4.57 Å². The van der Waals surface area contributed by atoms with Gasteiger partial charge in [-0.05, 0) is 29.8 Å². The number of hydrogen-bond donors (Lipinski definition) is 0. The van der Waals surface area contributed by atoms with E-state index >= 15 is 0 Å². The van der Waals surface area contributed by atoms with E-state index in [2.05, 4.69) is 0 Å². The third kappa shape index (κ3) is 2.88. The van der Waals surface area contributed by atoms with Gasteiger partial charge in [0, 0.05) is 29.2 Å². The van der Waals surface area contributed by atoms with Gasteiger partial charge in [-0.25, -0.2) is 4.79 Å². The third-order valence-electron chi connectivity index (χ3n) is 3.97. The van der Waals surface area contributed by atoms with Gasteiger partial charge < -0.3 is 14.0 Å². The summed E-state index contributed by atoms with van der Waals surface area (Å²) in [6, 6.07) is 12.9. The highest BCUT2D eigenvalue weighted by Crippen LogP contribution is 2.24. The molecule has 1 heterocycles. The van der Waals surface area contributed by atoms with Crippen LogP contribution in [0.1, 0.15) is 26.3 Å². The summed E-state index contributed by atoms with van der Waals surface area (Å²) in [6.07, 6.45) is 2.62. The molecule has 3 aromatic rings. The Morgan fingerprint density at radius 3 is 2.50 bits per heavy atom. The maximum absolute atomic E-state index is 11.8. The summed E-state index contributed by atoms with van der Waals surface area (Å²) in [5.41, 5.74) is 2.93. The van der Waals surface area contributed by atoms with Crippen LogP contribution in [0, 0.1) is 0 Å². The van der Waals surface area contributed by atoms with E-state index in [1.165, 1.54) is 7.11 Å². The molecule has 0 saturated carbocycles. The molecule has 0 unspecified atom stereocenters. The fraction of sp³-hybridized carbons (Fsp3) is 0.158. The van der Waals surface area contributed by atoms with Gasteiger partial charge in [0.15, 0.2) is 6.29 Å². The summed E-state index contributed by atoms with van der Waals surface area (Å²) < 4.78 is 11.9. The standard InChI is InChI=1S/C19H17NO4/c1-23-16-6-3-13(4-7-16)10-20-11-15(12-21)17-8-5-14(9-18(17)20)19(22)24-2/h3-9,11-12H,10H2,1-2H3. The number of ether oxygens (including phenoxy) is 2. The zero-order valence-corrected chi connectivity index (χ0v) is 13.5. The van der Waals surface area contributed by atoms with Crippen molar-refractivity contribution in [1.29, 1.82) is 0 Å². The maximum Gasteiger partial charge on any atom is 0.337 e. The molecule has 5 nitrogen and oxygen atoms in total. The van der Waals surface area contributed by atoms with Crippen LogP contribution >= 0.6 is 0 Å². The zero-order chi connectivity index (χ0) is 17.1. The van der Waals surface area contributed by atoms with Gasteiger partial charge in [-0.3, -0.25) is 4.79 Å². The van der Waals surface area contributed by atoms with E-state index in [4.69, 9.17) is 9.47 Å². The Hall–Kier alpha value is -3.08. The molecule has 2 aromatic carbocycles. The Labute approximate surface area is 139 Å². The van der Waals surface area contributed by atoms with Gasteiger partial charge in [-0.2, -0.15) is 0 Å². The molecule has 122 valence electrons. The lowest BCUT2D eigenvalue weighted by atomic mass is 10.1. The van der Waals surface area contributed by atoms with Crippen LogP contribution < -0.4 is 4.74 Å². The second kappa shape index (κ2) is 6.58. The zero-order valence-electron chi connectivity index (χ0n) is 13.5. The number of nitrogens with zero attached hydrogens (tertiary/aromatic N) is 1. The van der Waals surface area contributed by atoms with E-state index < -0.39 is 5.97 Å². The van der Waals surface area contributed by atoms with Crippen molar-refractivity contribution in [2.24, 2.45) is 0 Å². The molecule has 0 fully saturated rings. The van der Waals surface area contributed by atoms with Gasteiger partial charge in [-0.1, -0.05) is 18.2 Å². The van der Waals surface area contributed by atoms with Crippen LogP contribution in [0.5, 0.6) is 5.75 Å².